The first-order valence-corrected chi connectivity index (χ1v) is 5.84. The summed E-state index contributed by atoms with van der Waals surface area (Å²) in [5.74, 6) is -3.70. The zero-order valence-corrected chi connectivity index (χ0v) is 11.0. The van der Waals surface area contributed by atoms with E-state index in [-0.39, 0.29) is 5.56 Å². The summed E-state index contributed by atoms with van der Waals surface area (Å²) in [7, 11) is 0. The van der Waals surface area contributed by atoms with Crippen molar-refractivity contribution in [1.82, 2.24) is 5.32 Å². The molecule has 0 aromatic heterocycles. The maximum atomic E-state index is 12.8. The average Bonchev–Trinajstić information content (AvgIpc) is 2.30. The summed E-state index contributed by atoms with van der Waals surface area (Å²) < 4.78 is 26.1. The van der Waals surface area contributed by atoms with Crippen molar-refractivity contribution in [2.75, 3.05) is 13.1 Å². The number of benzene rings is 1. The Morgan fingerprint density at radius 2 is 2.18 bits per heavy atom. The molecule has 0 aliphatic carbocycles. The fourth-order valence-electron chi connectivity index (χ4n) is 1.02. The molecule has 94 valence electrons. The van der Waals surface area contributed by atoms with Gasteiger partial charge in [-0.1, -0.05) is 11.6 Å². The van der Waals surface area contributed by atoms with Gasteiger partial charge in [-0.05, 0) is 34.1 Å². The van der Waals surface area contributed by atoms with Gasteiger partial charge < -0.3 is 11.1 Å². The van der Waals surface area contributed by atoms with E-state index in [0.717, 1.165) is 0 Å². The molecule has 0 aliphatic rings. The summed E-state index contributed by atoms with van der Waals surface area (Å²) >= 11 is 8.88. The molecule has 0 saturated heterocycles. The summed E-state index contributed by atoms with van der Waals surface area (Å²) in [5, 5.41) is 2.54. The van der Waals surface area contributed by atoms with Gasteiger partial charge in [0.15, 0.2) is 0 Å². The maximum Gasteiger partial charge on any atom is 0.277 e. The number of nitrogens with two attached hydrogens (primary N) is 1. The number of carbonyl (C=O) groups excluding carboxylic acids is 1. The molecule has 0 heterocycles. The highest BCUT2D eigenvalue weighted by Gasteiger charge is 2.27. The number of alkyl halides is 2. The number of carbonyl (C=O) groups is 1. The van der Waals surface area contributed by atoms with Crippen molar-refractivity contribution in [3.63, 3.8) is 0 Å². The van der Waals surface area contributed by atoms with Crippen molar-refractivity contribution in [1.29, 1.82) is 0 Å². The third-order valence-corrected chi connectivity index (χ3v) is 3.20. The van der Waals surface area contributed by atoms with Gasteiger partial charge in [0.2, 0.25) is 0 Å². The van der Waals surface area contributed by atoms with Crippen LogP contribution in [-0.4, -0.2) is 24.9 Å². The van der Waals surface area contributed by atoms with Crippen molar-refractivity contribution >= 4 is 33.4 Å². The minimum Gasteiger partial charge on any atom is -0.346 e. The summed E-state index contributed by atoms with van der Waals surface area (Å²) in [4.78, 5) is 11.5. The first-order valence-electron chi connectivity index (χ1n) is 4.67. The Bertz CT molecular complexity index is 429. The lowest BCUT2D eigenvalue weighted by atomic mass is 10.2. The largest absolute Gasteiger partial charge is 0.346 e. The molecule has 3 N–H and O–H groups in total. The van der Waals surface area contributed by atoms with E-state index in [4.69, 9.17) is 17.3 Å². The summed E-state index contributed by atoms with van der Waals surface area (Å²) in [6.07, 6.45) is 0. The van der Waals surface area contributed by atoms with Crippen LogP contribution in [0.3, 0.4) is 0 Å². The molecule has 1 aromatic carbocycles. The van der Waals surface area contributed by atoms with E-state index in [2.05, 4.69) is 21.2 Å². The van der Waals surface area contributed by atoms with E-state index >= 15 is 0 Å². The highest BCUT2D eigenvalue weighted by molar-refractivity contribution is 9.10. The molecule has 1 aromatic rings. The molecule has 3 nitrogen and oxygen atoms in total. The molecule has 0 spiro atoms. The van der Waals surface area contributed by atoms with Crippen LogP contribution >= 0.6 is 27.5 Å². The summed E-state index contributed by atoms with van der Waals surface area (Å²) in [5.41, 5.74) is 5.09. The smallest absolute Gasteiger partial charge is 0.277 e. The van der Waals surface area contributed by atoms with Crippen LogP contribution in [-0.2, 0) is 0 Å². The second kappa shape index (κ2) is 5.75. The van der Waals surface area contributed by atoms with Crippen molar-refractivity contribution < 1.29 is 13.6 Å². The van der Waals surface area contributed by atoms with E-state index in [1.165, 1.54) is 18.2 Å². The minimum absolute atomic E-state index is 0.245. The van der Waals surface area contributed by atoms with Crippen molar-refractivity contribution in [2.45, 2.75) is 5.92 Å². The fraction of sp³-hybridized carbons (Fsp3) is 0.300. The molecule has 1 rings (SSSR count). The first-order chi connectivity index (χ1) is 7.85. The zero-order chi connectivity index (χ0) is 13.1. The predicted molar refractivity (Wildman–Crippen MR) is 65.5 cm³/mol. The Hall–Kier alpha value is -0.720. The quantitative estimate of drug-likeness (QED) is 0.892. The zero-order valence-electron chi connectivity index (χ0n) is 8.64. The number of halogens is 4. The van der Waals surface area contributed by atoms with Crippen molar-refractivity contribution in [2.24, 2.45) is 5.73 Å². The predicted octanol–water partition coefficient (Wildman–Crippen LogP) is 2.43. The third-order valence-electron chi connectivity index (χ3n) is 1.99. The van der Waals surface area contributed by atoms with Gasteiger partial charge in [0.25, 0.3) is 11.8 Å². The van der Waals surface area contributed by atoms with Gasteiger partial charge in [0, 0.05) is 10.0 Å². The van der Waals surface area contributed by atoms with Crippen LogP contribution in [0.15, 0.2) is 22.7 Å². The Balaban J connectivity index is 2.68. The monoisotopic (exact) mass is 326 g/mol. The molecule has 17 heavy (non-hydrogen) atoms. The van der Waals surface area contributed by atoms with E-state index in [1.54, 1.807) is 0 Å². The Morgan fingerprint density at radius 3 is 2.71 bits per heavy atom. The van der Waals surface area contributed by atoms with Gasteiger partial charge in [0.05, 0.1) is 18.1 Å². The van der Waals surface area contributed by atoms with Crippen LogP contribution < -0.4 is 11.1 Å². The van der Waals surface area contributed by atoms with Crippen LogP contribution in [0.25, 0.3) is 0 Å². The van der Waals surface area contributed by atoms with Gasteiger partial charge >= 0.3 is 0 Å². The molecule has 0 atom stereocenters. The number of hydrogen-bond acceptors (Lipinski definition) is 2. The SMILES string of the molecule is NCC(F)(F)CNC(=O)c1ccc(Cl)c(Br)c1. The molecule has 7 heteroatoms. The molecule has 0 bridgehead atoms. The van der Waals surface area contributed by atoms with Crippen LogP contribution in [0.1, 0.15) is 10.4 Å². The number of rotatable bonds is 4. The standard InChI is InChI=1S/C10H10BrClF2N2O/c11-7-3-6(1-2-8(7)12)9(17)16-5-10(13,14)4-15/h1-3H,4-5,15H2,(H,16,17). The van der Waals surface area contributed by atoms with E-state index in [1.807, 2.05) is 0 Å². The first kappa shape index (κ1) is 14.3. The van der Waals surface area contributed by atoms with Crippen molar-refractivity contribution in [3.8, 4) is 0 Å². The molecule has 0 aliphatic heterocycles. The fourth-order valence-corrected chi connectivity index (χ4v) is 1.52. The van der Waals surface area contributed by atoms with Gasteiger partial charge in [0.1, 0.15) is 0 Å². The van der Waals surface area contributed by atoms with E-state index in [0.29, 0.717) is 9.50 Å². The second-order valence-electron chi connectivity index (χ2n) is 3.37. The molecule has 0 radical (unpaired) electrons. The average molecular weight is 328 g/mol. The maximum absolute atomic E-state index is 12.8. The highest BCUT2D eigenvalue weighted by atomic mass is 79.9. The molecular weight excluding hydrogens is 317 g/mol. The van der Waals surface area contributed by atoms with Crippen LogP contribution in [0.2, 0.25) is 5.02 Å². The Labute approximate surface area is 110 Å². The van der Waals surface area contributed by atoms with Gasteiger partial charge in [-0.3, -0.25) is 4.79 Å². The lowest BCUT2D eigenvalue weighted by Gasteiger charge is -2.14. The summed E-state index contributed by atoms with van der Waals surface area (Å²) in [6.45, 7) is -1.60. The van der Waals surface area contributed by atoms with Crippen LogP contribution in [0.5, 0.6) is 0 Å². The Morgan fingerprint density at radius 1 is 1.53 bits per heavy atom. The number of amides is 1. The Kier molecular flexibility index (Phi) is 4.85. The minimum atomic E-state index is -3.10. The van der Waals surface area contributed by atoms with Gasteiger partial charge in [-0.2, -0.15) is 0 Å². The normalized spacial score (nSPS) is 11.4. The third kappa shape index (κ3) is 4.22. The molecule has 0 saturated carbocycles. The molecular formula is C10H10BrClF2N2O. The lowest BCUT2D eigenvalue weighted by molar-refractivity contribution is 0.0118. The highest BCUT2D eigenvalue weighted by Crippen LogP contribution is 2.23. The van der Waals surface area contributed by atoms with Gasteiger partial charge in [-0.25, -0.2) is 8.78 Å². The van der Waals surface area contributed by atoms with E-state index < -0.39 is 24.9 Å². The van der Waals surface area contributed by atoms with Crippen LogP contribution in [0.4, 0.5) is 8.78 Å². The summed E-state index contributed by atoms with van der Waals surface area (Å²) in [6, 6.07) is 4.41. The number of hydrogen-bond donors (Lipinski definition) is 2. The number of nitrogens with one attached hydrogen (secondary N) is 1. The molecule has 1 amide bonds. The van der Waals surface area contributed by atoms with Crippen LogP contribution in [0, 0.1) is 0 Å². The van der Waals surface area contributed by atoms with E-state index in [9.17, 15) is 13.6 Å². The molecule has 0 fully saturated rings. The second-order valence-corrected chi connectivity index (χ2v) is 4.63. The van der Waals surface area contributed by atoms with Crippen molar-refractivity contribution in [3.05, 3.63) is 33.3 Å². The molecule has 0 unspecified atom stereocenters. The van der Waals surface area contributed by atoms with Gasteiger partial charge in [-0.15, -0.1) is 0 Å². The lowest BCUT2D eigenvalue weighted by Crippen LogP contribution is -2.41. The topological polar surface area (TPSA) is 55.1 Å².